The molecule has 3 aromatic carbocycles. The Morgan fingerprint density at radius 3 is 2.39 bits per heavy atom. The highest BCUT2D eigenvalue weighted by atomic mass is 79.9. The average Bonchev–Trinajstić information content (AvgIpc) is 3.23. The summed E-state index contributed by atoms with van der Waals surface area (Å²) in [6.07, 6.45) is 0. The zero-order valence-electron chi connectivity index (χ0n) is 15.8. The molecule has 0 bridgehead atoms. The summed E-state index contributed by atoms with van der Waals surface area (Å²) in [4.78, 5) is 36.6. The molecule has 0 unspecified atom stereocenters. The van der Waals surface area contributed by atoms with Gasteiger partial charge in [0.05, 0.1) is 11.3 Å². The van der Waals surface area contributed by atoms with E-state index in [-0.39, 0.29) is 29.5 Å². The number of anilines is 2. The molecular formula is C22H15BrN2O6. The van der Waals surface area contributed by atoms with E-state index >= 15 is 0 Å². The lowest BCUT2D eigenvalue weighted by molar-refractivity contribution is 0.0697. The molecule has 1 heterocycles. The second kappa shape index (κ2) is 8.49. The van der Waals surface area contributed by atoms with Gasteiger partial charge < -0.3 is 25.2 Å². The van der Waals surface area contributed by atoms with Crippen LogP contribution in [0.4, 0.5) is 11.4 Å². The summed E-state index contributed by atoms with van der Waals surface area (Å²) in [5, 5.41) is 14.7. The van der Waals surface area contributed by atoms with E-state index in [1.165, 1.54) is 18.2 Å². The monoisotopic (exact) mass is 482 g/mol. The van der Waals surface area contributed by atoms with E-state index in [0.717, 1.165) is 0 Å². The van der Waals surface area contributed by atoms with Crippen LogP contribution in [0.2, 0.25) is 0 Å². The van der Waals surface area contributed by atoms with E-state index in [1.807, 2.05) is 0 Å². The molecule has 4 rings (SSSR count). The van der Waals surface area contributed by atoms with Crippen molar-refractivity contribution in [2.24, 2.45) is 0 Å². The van der Waals surface area contributed by atoms with Crippen molar-refractivity contribution in [2.45, 2.75) is 0 Å². The Hall–Kier alpha value is -3.85. The van der Waals surface area contributed by atoms with E-state index in [0.29, 0.717) is 27.2 Å². The van der Waals surface area contributed by atoms with Gasteiger partial charge >= 0.3 is 5.97 Å². The maximum absolute atomic E-state index is 12.7. The van der Waals surface area contributed by atoms with Crippen molar-refractivity contribution in [3.05, 3.63) is 81.8 Å². The van der Waals surface area contributed by atoms with Crippen LogP contribution in [-0.2, 0) is 0 Å². The fraction of sp³-hybridized carbons (Fsp3) is 0.0455. The third-order valence-electron chi connectivity index (χ3n) is 4.48. The average molecular weight is 483 g/mol. The molecule has 0 fully saturated rings. The van der Waals surface area contributed by atoms with Crippen molar-refractivity contribution in [1.29, 1.82) is 0 Å². The van der Waals surface area contributed by atoms with Crippen molar-refractivity contribution in [1.82, 2.24) is 0 Å². The lowest BCUT2D eigenvalue weighted by Crippen LogP contribution is -2.16. The first-order chi connectivity index (χ1) is 14.9. The second-order valence-corrected chi connectivity index (χ2v) is 7.47. The molecular weight excluding hydrogens is 468 g/mol. The van der Waals surface area contributed by atoms with Gasteiger partial charge in [-0.25, -0.2) is 4.79 Å². The summed E-state index contributed by atoms with van der Waals surface area (Å²) in [6, 6.07) is 15.7. The number of aromatic carboxylic acids is 1. The molecule has 1 aliphatic heterocycles. The molecule has 0 saturated carbocycles. The fourth-order valence-corrected chi connectivity index (χ4v) is 3.34. The third kappa shape index (κ3) is 4.51. The molecule has 1 aliphatic rings. The number of amides is 2. The summed E-state index contributed by atoms with van der Waals surface area (Å²) >= 11 is 3.21. The summed E-state index contributed by atoms with van der Waals surface area (Å²) < 4.78 is 11.1. The van der Waals surface area contributed by atoms with Gasteiger partial charge in [-0.15, -0.1) is 0 Å². The van der Waals surface area contributed by atoms with Gasteiger partial charge in [0.15, 0.2) is 11.5 Å². The Balaban J connectivity index is 1.50. The van der Waals surface area contributed by atoms with Crippen molar-refractivity contribution in [2.75, 3.05) is 17.4 Å². The van der Waals surface area contributed by atoms with Crippen molar-refractivity contribution >= 4 is 45.1 Å². The van der Waals surface area contributed by atoms with Crippen LogP contribution < -0.4 is 20.1 Å². The van der Waals surface area contributed by atoms with Crippen LogP contribution in [-0.4, -0.2) is 29.7 Å². The van der Waals surface area contributed by atoms with Crippen LogP contribution in [0, 0.1) is 0 Å². The first kappa shape index (κ1) is 20.4. The standard InChI is InChI=1S/C22H15BrN2O6/c23-14-5-6-17(16(10-14)22(28)29)25-21(27)12-2-1-3-15(8-12)24-20(26)13-4-7-18-19(9-13)31-11-30-18/h1-10H,11H2,(H,24,26)(H,25,27)(H,28,29). The Kier molecular flexibility index (Phi) is 5.59. The molecule has 0 saturated heterocycles. The minimum atomic E-state index is -1.17. The third-order valence-corrected chi connectivity index (χ3v) is 4.97. The summed E-state index contributed by atoms with van der Waals surface area (Å²) in [5.41, 5.74) is 1.15. The molecule has 0 spiro atoms. The number of carboxylic acids is 1. The van der Waals surface area contributed by atoms with Crippen molar-refractivity contribution in [3.8, 4) is 11.5 Å². The number of hydrogen-bond donors (Lipinski definition) is 3. The molecule has 3 aromatic rings. The summed E-state index contributed by atoms with van der Waals surface area (Å²) in [7, 11) is 0. The summed E-state index contributed by atoms with van der Waals surface area (Å²) in [5.74, 6) is -0.990. The van der Waals surface area contributed by atoms with Gasteiger partial charge in [0.2, 0.25) is 6.79 Å². The van der Waals surface area contributed by atoms with Gasteiger partial charge in [-0.2, -0.15) is 0 Å². The Labute approximate surface area is 184 Å². The first-order valence-electron chi connectivity index (χ1n) is 9.06. The van der Waals surface area contributed by atoms with Gasteiger partial charge in [-0.3, -0.25) is 9.59 Å². The number of carboxylic acid groups (broad SMARTS) is 1. The number of carbonyl (C=O) groups excluding carboxylic acids is 2. The maximum atomic E-state index is 12.7. The van der Waals surface area contributed by atoms with Crippen molar-refractivity contribution < 1.29 is 29.0 Å². The number of fused-ring (bicyclic) bond motifs is 1. The van der Waals surface area contributed by atoms with Crippen LogP contribution in [0.15, 0.2) is 65.1 Å². The lowest BCUT2D eigenvalue weighted by atomic mass is 10.1. The minimum Gasteiger partial charge on any atom is -0.478 e. The largest absolute Gasteiger partial charge is 0.478 e. The topological polar surface area (TPSA) is 114 Å². The molecule has 156 valence electrons. The van der Waals surface area contributed by atoms with Gasteiger partial charge in [0.1, 0.15) is 0 Å². The molecule has 9 heteroatoms. The smallest absolute Gasteiger partial charge is 0.337 e. The number of ether oxygens (including phenoxy) is 2. The van der Waals surface area contributed by atoms with Crippen LogP contribution in [0.3, 0.4) is 0 Å². The lowest BCUT2D eigenvalue weighted by Gasteiger charge is -2.11. The maximum Gasteiger partial charge on any atom is 0.337 e. The Morgan fingerprint density at radius 1 is 0.839 bits per heavy atom. The van der Waals surface area contributed by atoms with Crippen LogP contribution >= 0.6 is 15.9 Å². The molecule has 3 N–H and O–H groups in total. The van der Waals surface area contributed by atoms with E-state index in [1.54, 1.807) is 42.5 Å². The highest BCUT2D eigenvalue weighted by molar-refractivity contribution is 9.10. The Bertz CT molecular complexity index is 1210. The van der Waals surface area contributed by atoms with Crippen LogP contribution in [0.1, 0.15) is 31.1 Å². The predicted molar refractivity (Wildman–Crippen MR) is 116 cm³/mol. The number of hydrogen-bond acceptors (Lipinski definition) is 5. The zero-order chi connectivity index (χ0) is 22.0. The molecule has 8 nitrogen and oxygen atoms in total. The second-order valence-electron chi connectivity index (χ2n) is 6.55. The number of halogens is 1. The quantitative estimate of drug-likeness (QED) is 0.497. The first-order valence-corrected chi connectivity index (χ1v) is 9.85. The van der Waals surface area contributed by atoms with Gasteiger partial charge in [-0.05, 0) is 54.6 Å². The highest BCUT2D eigenvalue weighted by Crippen LogP contribution is 2.32. The normalized spacial score (nSPS) is 11.6. The SMILES string of the molecule is O=C(Nc1cccc(C(=O)Nc2ccc(Br)cc2C(=O)O)c1)c1ccc2c(c1)OCO2. The highest BCUT2D eigenvalue weighted by Gasteiger charge is 2.17. The van der Waals surface area contributed by atoms with Crippen molar-refractivity contribution in [3.63, 3.8) is 0 Å². The molecule has 0 aromatic heterocycles. The molecule has 0 atom stereocenters. The zero-order valence-corrected chi connectivity index (χ0v) is 17.4. The van der Waals surface area contributed by atoms with Crippen LogP contribution in [0.25, 0.3) is 0 Å². The molecule has 0 aliphatic carbocycles. The van der Waals surface area contributed by atoms with Gasteiger partial charge in [0.25, 0.3) is 11.8 Å². The molecule has 2 amide bonds. The Morgan fingerprint density at radius 2 is 1.58 bits per heavy atom. The number of carbonyl (C=O) groups is 3. The number of rotatable bonds is 5. The van der Waals surface area contributed by atoms with Crippen LogP contribution in [0.5, 0.6) is 11.5 Å². The summed E-state index contributed by atoms with van der Waals surface area (Å²) in [6.45, 7) is 0.111. The molecule has 0 radical (unpaired) electrons. The van der Waals surface area contributed by atoms with E-state index < -0.39 is 11.9 Å². The number of benzene rings is 3. The van der Waals surface area contributed by atoms with Gasteiger partial charge in [-0.1, -0.05) is 22.0 Å². The fourth-order valence-electron chi connectivity index (χ4n) is 2.98. The predicted octanol–water partition coefficient (Wildman–Crippen LogP) is 4.38. The van der Waals surface area contributed by atoms with E-state index in [9.17, 15) is 19.5 Å². The molecule has 31 heavy (non-hydrogen) atoms. The van der Waals surface area contributed by atoms with E-state index in [4.69, 9.17) is 9.47 Å². The minimum absolute atomic E-state index is 0.0463. The van der Waals surface area contributed by atoms with Gasteiger partial charge in [0, 0.05) is 21.3 Å². The van der Waals surface area contributed by atoms with E-state index in [2.05, 4.69) is 26.6 Å². The number of nitrogens with one attached hydrogen (secondary N) is 2.